The summed E-state index contributed by atoms with van der Waals surface area (Å²) in [4.78, 5) is 58.1. The number of ether oxygens (including phenoxy) is 6. The van der Waals surface area contributed by atoms with Crippen molar-refractivity contribution in [1.29, 1.82) is 0 Å². The minimum atomic E-state index is -0.345. The molecule has 2 aliphatic rings. The number of amides is 4. The molecule has 5 N–H and O–H groups in total. The van der Waals surface area contributed by atoms with Gasteiger partial charge >= 0.3 is 0 Å². The van der Waals surface area contributed by atoms with E-state index in [4.69, 9.17) is 39.9 Å². The van der Waals surface area contributed by atoms with Gasteiger partial charge in [-0.05, 0) is 36.4 Å². The van der Waals surface area contributed by atoms with Gasteiger partial charge in [-0.15, -0.1) is 0 Å². The maximum absolute atomic E-state index is 13.4. The number of rotatable bonds is 27. The molecule has 2 heterocycles. The smallest absolute Gasteiger partial charge is 0.261 e. The number of carbonyl (C=O) groups is 4. The normalized spacial score (nSPS) is 13.7. The molecule has 4 amide bonds. The Labute approximate surface area is 343 Å². The molecule has 0 radical (unpaired) electrons. The summed E-state index contributed by atoms with van der Waals surface area (Å²) in [7, 11) is 1.95. The highest BCUT2D eigenvalue weighted by molar-refractivity contribution is 6.27. The van der Waals surface area contributed by atoms with Crippen molar-refractivity contribution >= 4 is 56.5 Å². The van der Waals surface area contributed by atoms with E-state index in [1.165, 1.54) is 9.80 Å². The van der Waals surface area contributed by atoms with Crippen LogP contribution >= 0.6 is 0 Å². The van der Waals surface area contributed by atoms with Gasteiger partial charge in [-0.3, -0.25) is 29.0 Å². The highest BCUT2D eigenvalue weighted by atomic mass is 16.5. The first-order valence-electron chi connectivity index (χ1n) is 20.0. The summed E-state index contributed by atoms with van der Waals surface area (Å²) in [6.45, 7) is 6.72. The van der Waals surface area contributed by atoms with Crippen molar-refractivity contribution in [3.8, 4) is 0 Å². The van der Waals surface area contributed by atoms with Crippen LogP contribution in [0.3, 0.4) is 0 Å². The highest BCUT2D eigenvalue weighted by Crippen LogP contribution is 2.36. The van der Waals surface area contributed by atoms with Crippen LogP contribution in [-0.4, -0.2) is 159 Å². The molecule has 0 fully saturated rings. The van der Waals surface area contributed by atoms with Crippen LogP contribution in [0, 0.1) is 0 Å². The van der Waals surface area contributed by atoms with Crippen molar-refractivity contribution < 1.29 is 47.6 Å². The molecule has 2 aliphatic heterocycles. The lowest BCUT2D eigenvalue weighted by Gasteiger charge is -2.29. The molecule has 0 atom stereocenters. The second-order valence-corrected chi connectivity index (χ2v) is 13.9. The summed E-state index contributed by atoms with van der Waals surface area (Å²) >= 11 is 0. The fourth-order valence-electron chi connectivity index (χ4n) is 7.19. The number of benzene rings is 4. The molecule has 316 valence electrons. The number of nitrogens with zero attached hydrogens (tertiary/aromatic N) is 3. The van der Waals surface area contributed by atoms with Gasteiger partial charge in [-0.1, -0.05) is 24.3 Å². The quantitative estimate of drug-likeness (QED) is 0.0587. The lowest BCUT2D eigenvalue weighted by Crippen LogP contribution is -2.42. The Morgan fingerprint density at radius 1 is 0.508 bits per heavy atom. The zero-order valence-corrected chi connectivity index (χ0v) is 33.6. The van der Waals surface area contributed by atoms with Crippen molar-refractivity contribution in [2.24, 2.45) is 11.5 Å². The van der Waals surface area contributed by atoms with E-state index < -0.39 is 0 Å². The molecule has 59 heavy (non-hydrogen) atoms. The Kier molecular flexibility index (Phi) is 16.1. The van der Waals surface area contributed by atoms with Crippen molar-refractivity contribution in [2.75, 3.05) is 136 Å². The fourth-order valence-corrected chi connectivity index (χ4v) is 7.19. The van der Waals surface area contributed by atoms with Gasteiger partial charge in [-0.2, -0.15) is 0 Å². The van der Waals surface area contributed by atoms with Gasteiger partial charge in [-0.25, -0.2) is 0 Å². The number of nitrogens with two attached hydrogens (primary N) is 2. The Hall–Kier alpha value is -5.04. The van der Waals surface area contributed by atoms with Gasteiger partial charge in [0.05, 0.1) is 92.4 Å². The summed E-state index contributed by atoms with van der Waals surface area (Å²) in [5, 5.41) is 6.29. The number of hydrogen-bond acceptors (Lipinski definition) is 14. The zero-order chi connectivity index (χ0) is 41.6. The van der Waals surface area contributed by atoms with Gasteiger partial charge in [0.25, 0.3) is 23.6 Å². The summed E-state index contributed by atoms with van der Waals surface area (Å²) in [5.41, 5.74) is 14.5. The average molecular weight is 815 g/mol. The van der Waals surface area contributed by atoms with Crippen LogP contribution < -0.4 is 21.7 Å². The first-order valence-corrected chi connectivity index (χ1v) is 20.0. The van der Waals surface area contributed by atoms with Crippen LogP contribution in [0.5, 0.6) is 0 Å². The van der Waals surface area contributed by atoms with Crippen LogP contribution in [0.1, 0.15) is 41.4 Å². The Morgan fingerprint density at radius 2 is 0.949 bits per heavy atom. The van der Waals surface area contributed by atoms with E-state index in [2.05, 4.69) is 5.32 Å². The lowest BCUT2D eigenvalue weighted by atomic mass is 9.92. The largest absolute Gasteiger partial charge is 0.382 e. The second-order valence-electron chi connectivity index (χ2n) is 13.9. The Bertz CT molecular complexity index is 2050. The first kappa shape index (κ1) is 43.5. The topological polar surface area (TPSA) is 197 Å². The van der Waals surface area contributed by atoms with Crippen LogP contribution in [-0.2, 0) is 28.4 Å². The molecule has 16 heteroatoms. The van der Waals surface area contributed by atoms with Crippen LogP contribution in [0.4, 0.5) is 11.4 Å². The third-order valence-corrected chi connectivity index (χ3v) is 10.1. The number of nitrogens with one attached hydrogen (secondary N) is 1. The van der Waals surface area contributed by atoms with Crippen LogP contribution in [0.25, 0.3) is 21.5 Å². The third-order valence-electron chi connectivity index (χ3n) is 10.1. The highest BCUT2D eigenvalue weighted by Gasteiger charge is 2.34. The molecule has 4 aromatic rings. The van der Waals surface area contributed by atoms with Crippen molar-refractivity contribution in [2.45, 2.75) is 0 Å². The minimum Gasteiger partial charge on any atom is -0.382 e. The molecule has 0 spiro atoms. The summed E-state index contributed by atoms with van der Waals surface area (Å²) < 4.78 is 33.4. The van der Waals surface area contributed by atoms with E-state index in [-0.39, 0.29) is 49.9 Å². The SMILES string of the molecule is CN(CCOCCOCCNc1ccc2c3c(cccc13)C(=O)N(CCOCCOCCN)C2=O)c1ccc2c3c(cccc13)C(=O)N(CCOCCOCCN)C2=O. The monoisotopic (exact) mass is 814 g/mol. The Morgan fingerprint density at radius 3 is 1.49 bits per heavy atom. The molecule has 0 aliphatic carbocycles. The summed E-state index contributed by atoms with van der Waals surface area (Å²) in [6, 6.07) is 18.3. The number of hydrogen-bond donors (Lipinski definition) is 3. The molecule has 0 saturated carbocycles. The molecule has 16 nitrogen and oxygen atoms in total. The van der Waals surface area contributed by atoms with E-state index in [1.807, 2.05) is 48.3 Å². The standard InChI is InChI=1S/C43H54N6O10/c1-47(37-11-9-35-39-31(37)5-3-7-33(39)41(51)49(43(35)53)17-23-59-28-25-55-19-13-45)15-21-57-29-26-56-20-14-46-36-10-8-34-38-30(36)4-2-6-32(38)40(50)48(42(34)52)16-22-58-27-24-54-18-12-44/h2-11,46H,12-29,44-45H2,1H3. The van der Waals surface area contributed by atoms with Gasteiger partial charge in [0.2, 0.25) is 0 Å². The number of anilines is 2. The van der Waals surface area contributed by atoms with Crippen molar-refractivity contribution in [3.05, 3.63) is 82.9 Å². The number of likely N-dealkylation sites (N-methyl/N-ethyl adjacent to an activating group) is 1. The average Bonchev–Trinajstić information content (AvgIpc) is 3.25. The molecule has 0 aromatic heterocycles. The van der Waals surface area contributed by atoms with E-state index in [0.29, 0.717) is 125 Å². The minimum absolute atomic E-state index is 0.144. The lowest BCUT2D eigenvalue weighted by molar-refractivity contribution is 0.0348. The summed E-state index contributed by atoms with van der Waals surface area (Å²) in [5.74, 6) is -1.37. The van der Waals surface area contributed by atoms with Gasteiger partial charge in [0.15, 0.2) is 0 Å². The van der Waals surface area contributed by atoms with Crippen LogP contribution in [0.15, 0.2) is 60.7 Å². The Balaban J connectivity index is 0.920. The number of imide groups is 2. The van der Waals surface area contributed by atoms with E-state index >= 15 is 0 Å². The van der Waals surface area contributed by atoms with Crippen molar-refractivity contribution in [1.82, 2.24) is 9.80 Å². The molecule has 0 saturated heterocycles. The molecular formula is C43H54N6O10. The van der Waals surface area contributed by atoms with Crippen LogP contribution in [0.2, 0.25) is 0 Å². The predicted octanol–water partition coefficient (Wildman–Crippen LogP) is 2.75. The van der Waals surface area contributed by atoms with Crippen molar-refractivity contribution in [3.63, 3.8) is 0 Å². The van der Waals surface area contributed by atoms with E-state index in [1.54, 1.807) is 24.3 Å². The molecule has 0 unspecified atom stereocenters. The molecular weight excluding hydrogens is 761 g/mol. The maximum Gasteiger partial charge on any atom is 0.261 e. The first-order chi connectivity index (χ1) is 28.9. The molecule has 0 bridgehead atoms. The number of carbonyl (C=O) groups excluding carboxylic acids is 4. The molecule has 4 aromatic carbocycles. The van der Waals surface area contributed by atoms with Gasteiger partial charge in [0, 0.05) is 88.4 Å². The second kappa shape index (κ2) is 21.8. The van der Waals surface area contributed by atoms with E-state index in [9.17, 15) is 19.2 Å². The third kappa shape index (κ3) is 10.4. The van der Waals surface area contributed by atoms with Gasteiger partial charge in [0.1, 0.15) is 0 Å². The molecule has 6 rings (SSSR count). The summed E-state index contributed by atoms with van der Waals surface area (Å²) in [6.07, 6.45) is 0. The predicted molar refractivity (Wildman–Crippen MR) is 223 cm³/mol. The zero-order valence-electron chi connectivity index (χ0n) is 33.6. The fraction of sp³-hybridized carbons (Fsp3) is 0.442. The van der Waals surface area contributed by atoms with E-state index in [0.717, 1.165) is 22.1 Å². The maximum atomic E-state index is 13.4. The van der Waals surface area contributed by atoms with Gasteiger partial charge < -0.3 is 50.1 Å².